The lowest BCUT2D eigenvalue weighted by Gasteiger charge is -2.03. The van der Waals surface area contributed by atoms with Crippen molar-refractivity contribution in [2.24, 2.45) is 0 Å². The van der Waals surface area contributed by atoms with Gasteiger partial charge < -0.3 is 4.74 Å². The molecule has 0 fully saturated rings. The Kier molecular flexibility index (Phi) is 3.58. The largest absolute Gasteiger partial charge is 0.434 e. The van der Waals surface area contributed by atoms with Gasteiger partial charge in [0.2, 0.25) is 5.88 Å². The Morgan fingerprint density at radius 3 is 2.65 bits per heavy atom. The van der Waals surface area contributed by atoms with E-state index in [1.807, 2.05) is 24.7 Å². The van der Waals surface area contributed by atoms with Crippen molar-refractivity contribution in [2.75, 3.05) is 0 Å². The van der Waals surface area contributed by atoms with Gasteiger partial charge in [-0.15, -0.1) is 11.6 Å². The van der Waals surface area contributed by atoms with E-state index >= 15 is 0 Å². The standard InChI is InChI=1S/C11H13ClN4O/c1-8(2)16-7-10(5-15-16)17-11-6-13-9(3-12)4-14-11/h4-8H,3H2,1-2H3. The molecule has 0 atom stereocenters. The van der Waals surface area contributed by atoms with Crippen LogP contribution in [0.25, 0.3) is 0 Å². The molecule has 90 valence electrons. The van der Waals surface area contributed by atoms with Crippen molar-refractivity contribution >= 4 is 11.6 Å². The number of ether oxygens (including phenoxy) is 1. The SMILES string of the molecule is CC(C)n1cc(Oc2cnc(CCl)cn2)cn1. The minimum absolute atomic E-state index is 0.303. The van der Waals surface area contributed by atoms with Crippen LogP contribution in [-0.4, -0.2) is 19.7 Å². The third-order valence-electron chi connectivity index (χ3n) is 2.15. The third-order valence-corrected chi connectivity index (χ3v) is 2.42. The summed E-state index contributed by atoms with van der Waals surface area (Å²) in [7, 11) is 0. The Balaban J connectivity index is 2.08. The first kappa shape index (κ1) is 11.9. The van der Waals surface area contributed by atoms with Crippen LogP contribution in [0.4, 0.5) is 0 Å². The van der Waals surface area contributed by atoms with Gasteiger partial charge in [-0.25, -0.2) is 4.98 Å². The van der Waals surface area contributed by atoms with Gasteiger partial charge in [-0.2, -0.15) is 5.10 Å². The highest BCUT2D eigenvalue weighted by molar-refractivity contribution is 6.16. The fourth-order valence-corrected chi connectivity index (χ4v) is 1.38. The van der Waals surface area contributed by atoms with Gasteiger partial charge in [-0.05, 0) is 13.8 Å². The molecule has 0 aromatic carbocycles. The van der Waals surface area contributed by atoms with Gasteiger partial charge in [0, 0.05) is 6.04 Å². The van der Waals surface area contributed by atoms with Crippen LogP contribution in [0.5, 0.6) is 11.6 Å². The van der Waals surface area contributed by atoms with E-state index in [4.69, 9.17) is 16.3 Å². The van der Waals surface area contributed by atoms with Gasteiger partial charge in [0.05, 0.1) is 36.4 Å². The Bertz CT molecular complexity index is 480. The second-order valence-corrected chi connectivity index (χ2v) is 4.10. The molecule has 5 nitrogen and oxygen atoms in total. The number of nitrogens with zero attached hydrogens (tertiary/aromatic N) is 4. The molecule has 2 aromatic heterocycles. The lowest BCUT2D eigenvalue weighted by Crippen LogP contribution is -1.99. The molecule has 6 heteroatoms. The molecular formula is C11H13ClN4O. The summed E-state index contributed by atoms with van der Waals surface area (Å²) >= 11 is 5.62. The number of rotatable bonds is 4. The van der Waals surface area contributed by atoms with Crippen molar-refractivity contribution in [3.63, 3.8) is 0 Å². The molecular weight excluding hydrogens is 240 g/mol. The van der Waals surface area contributed by atoms with Gasteiger partial charge in [0.25, 0.3) is 0 Å². The first-order valence-corrected chi connectivity index (χ1v) is 5.81. The van der Waals surface area contributed by atoms with E-state index in [0.29, 0.717) is 23.6 Å². The molecule has 0 aliphatic rings. The van der Waals surface area contributed by atoms with E-state index < -0.39 is 0 Å². The molecule has 0 aliphatic carbocycles. The normalized spacial score (nSPS) is 10.8. The maximum absolute atomic E-state index is 5.62. The number of alkyl halides is 1. The van der Waals surface area contributed by atoms with Crippen LogP contribution >= 0.6 is 11.6 Å². The Hall–Kier alpha value is -1.62. The van der Waals surface area contributed by atoms with E-state index in [1.54, 1.807) is 18.6 Å². The zero-order chi connectivity index (χ0) is 12.3. The quantitative estimate of drug-likeness (QED) is 0.785. The van der Waals surface area contributed by atoms with Gasteiger partial charge in [0.15, 0.2) is 5.75 Å². The molecule has 0 aliphatic heterocycles. The molecule has 2 aromatic rings. The van der Waals surface area contributed by atoms with Crippen LogP contribution in [0.2, 0.25) is 0 Å². The molecule has 0 saturated heterocycles. The fraction of sp³-hybridized carbons (Fsp3) is 0.364. The molecule has 0 saturated carbocycles. The van der Waals surface area contributed by atoms with Gasteiger partial charge in [0.1, 0.15) is 0 Å². The molecule has 2 heterocycles. The molecule has 17 heavy (non-hydrogen) atoms. The summed E-state index contributed by atoms with van der Waals surface area (Å²) in [6.45, 7) is 4.09. The maximum atomic E-state index is 5.62. The van der Waals surface area contributed by atoms with E-state index in [-0.39, 0.29) is 0 Å². The maximum Gasteiger partial charge on any atom is 0.238 e. The summed E-state index contributed by atoms with van der Waals surface area (Å²) in [6.07, 6.45) is 6.61. The first-order chi connectivity index (χ1) is 8.19. The lowest BCUT2D eigenvalue weighted by atomic mass is 10.4. The number of aromatic nitrogens is 4. The Morgan fingerprint density at radius 2 is 2.12 bits per heavy atom. The van der Waals surface area contributed by atoms with E-state index in [9.17, 15) is 0 Å². The van der Waals surface area contributed by atoms with Gasteiger partial charge >= 0.3 is 0 Å². The lowest BCUT2D eigenvalue weighted by molar-refractivity contribution is 0.456. The summed E-state index contributed by atoms with van der Waals surface area (Å²) in [5.74, 6) is 1.42. The number of hydrogen-bond acceptors (Lipinski definition) is 4. The average Bonchev–Trinajstić information content (AvgIpc) is 2.79. The van der Waals surface area contributed by atoms with Crippen molar-refractivity contribution in [3.05, 3.63) is 30.5 Å². The molecule has 0 radical (unpaired) electrons. The monoisotopic (exact) mass is 252 g/mol. The van der Waals surface area contributed by atoms with Crippen molar-refractivity contribution in [2.45, 2.75) is 25.8 Å². The predicted molar refractivity (Wildman–Crippen MR) is 64.3 cm³/mol. The third kappa shape index (κ3) is 2.94. The molecule has 0 spiro atoms. The fourth-order valence-electron chi connectivity index (χ4n) is 1.24. The van der Waals surface area contributed by atoms with Gasteiger partial charge in [-0.1, -0.05) is 0 Å². The van der Waals surface area contributed by atoms with Crippen LogP contribution in [-0.2, 0) is 5.88 Å². The number of hydrogen-bond donors (Lipinski definition) is 0. The van der Waals surface area contributed by atoms with E-state index in [2.05, 4.69) is 15.1 Å². The van der Waals surface area contributed by atoms with Gasteiger partial charge in [-0.3, -0.25) is 9.67 Å². The first-order valence-electron chi connectivity index (χ1n) is 5.28. The van der Waals surface area contributed by atoms with E-state index in [1.165, 1.54) is 0 Å². The predicted octanol–water partition coefficient (Wildman–Crippen LogP) is 2.79. The zero-order valence-corrected chi connectivity index (χ0v) is 10.4. The minimum Gasteiger partial charge on any atom is -0.434 e. The molecule has 2 rings (SSSR count). The second-order valence-electron chi connectivity index (χ2n) is 3.83. The van der Waals surface area contributed by atoms with Crippen LogP contribution < -0.4 is 4.74 Å². The Labute approximate surface area is 104 Å². The van der Waals surface area contributed by atoms with Crippen LogP contribution in [0.3, 0.4) is 0 Å². The average molecular weight is 253 g/mol. The minimum atomic E-state index is 0.303. The van der Waals surface area contributed by atoms with Crippen molar-refractivity contribution < 1.29 is 4.74 Å². The van der Waals surface area contributed by atoms with Crippen molar-refractivity contribution in [3.8, 4) is 11.6 Å². The summed E-state index contributed by atoms with van der Waals surface area (Å²) in [4.78, 5) is 8.18. The topological polar surface area (TPSA) is 52.8 Å². The van der Waals surface area contributed by atoms with Crippen LogP contribution in [0.15, 0.2) is 24.8 Å². The summed E-state index contributed by atoms with van der Waals surface area (Å²) in [5, 5.41) is 4.17. The highest BCUT2D eigenvalue weighted by Crippen LogP contribution is 2.19. The van der Waals surface area contributed by atoms with Crippen LogP contribution in [0.1, 0.15) is 25.6 Å². The smallest absolute Gasteiger partial charge is 0.238 e. The van der Waals surface area contributed by atoms with Crippen molar-refractivity contribution in [1.29, 1.82) is 0 Å². The molecule has 0 N–H and O–H groups in total. The molecule has 0 bridgehead atoms. The molecule has 0 amide bonds. The Morgan fingerprint density at radius 1 is 1.29 bits per heavy atom. The van der Waals surface area contributed by atoms with Crippen molar-refractivity contribution in [1.82, 2.24) is 19.7 Å². The molecule has 0 unspecified atom stereocenters. The summed E-state index contributed by atoms with van der Waals surface area (Å²) in [6, 6.07) is 0.303. The summed E-state index contributed by atoms with van der Waals surface area (Å²) < 4.78 is 7.32. The van der Waals surface area contributed by atoms with E-state index in [0.717, 1.165) is 5.69 Å². The highest BCUT2D eigenvalue weighted by atomic mass is 35.5. The second kappa shape index (κ2) is 5.14. The zero-order valence-electron chi connectivity index (χ0n) is 9.67. The summed E-state index contributed by atoms with van der Waals surface area (Å²) in [5.41, 5.74) is 0.719. The number of halogens is 1. The van der Waals surface area contributed by atoms with Crippen LogP contribution in [0, 0.1) is 0 Å². The highest BCUT2D eigenvalue weighted by Gasteiger charge is 2.04.